The van der Waals surface area contributed by atoms with Gasteiger partial charge in [0.2, 0.25) is 0 Å². The maximum absolute atomic E-state index is 14.7. The lowest BCUT2D eigenvalue weighted by molar-refractivity contribution is -0.175. The van der Waals surface area contributed by atoms with Gasteiger partial charge in [0, 0.05) is 18.3 Å². The van der Waals surface area contributed by atoms with Gasteiger partial charge < -0.3 is 5.11 Å². The van der Waals surface area contributed by atoms with Crippen LogP contribution >= 0.6 is 0 Å². The number of allylic oxidation sites excluding steroid dienone is 1. The van der Waals surface area contributed by atoms with E-state index in [4.69, 9.17) is 6.42 Å². The molecule has 0 heterocycles. The van der Waals surface area contributed by atoms with E-state index in [0.29, 0.717) is 18.8 Å². The van der Waals surface area contributed by atoms with Crippen LogP contribution in [0.2, 0.25) is 0 Å². The molecule has 4 heteroatoms. The van der Waals surface area contributed by atoms with E-state index in [0.717, 1.165) is 25.7 Å². The van der Waals surface area contributed by atoms with E-state index in [1.54, 1.807) is 6.92 Å². The highest BCUT2D eigenvalue weighted by atomic mass is 19.3. The van der Waals surface area contributed by atoms with Crippen LogP contribution in [0.4, 0.5) is 8.78 Å². The van der Waals surface area contributed by atoms with E-state index >= 15 is 0 Å². The quantitative estimate of drug-likeness (QED) is 0.669. The molecule has 1 unspecified atom stereocenters. The van der Waals surface area contributed by atoms with Gasteiger partial charge in [-0.05, 0) is 61.3 Å². The average Bonchev–Trinajstić information content (AvgIpc) is 2.72. The summed E-state index contributed by atoms with van der Waals surface area (Å²) < 4.78 is 29.5. The molecule has 0 spiro atoms. The van der Waals surface area contributed by atoms with Crippen molar-refractivity contribution in [1.82, 2.24) is 0 Å². The molecule has 0 saturated heterocycles. The maximum Gasteiger partial charge on any atom is 0.288 e. The van der Waals surface area contributed by atoms with Gasteiger partial charge in [0.15, 0.2) is 11.4 Å². The minimum Gasteiger partial charge on any atom is -0.372 e. The molecule has 3 fully saturated rings. The average molecular weight is 348 g/mol. The Morgan fingerprint density at radius 3 is 2.60 bits per heavy atom. The topological polar surface area (TPSA) is 37.3 Å². The lowest BCUT2D eigenvalue weighted by Gasteiger charge is -2.58. The number of hydrogen-bond donors (Lipinski definition) is 1. The van der Waals surface area contributed by atoms with Gasteiger partial charge in [0.05, 0.1) is 0 Å². The van der Waals surface area contributed by atoms with E-state index in [2.05, 4.69) is 12.8 Å². The zero-order valence-electron chi connectivity index (χ0n) is 14.9. The Morgan fingerprint density at radius 1 is 1.20 bits per heavy atom. The number of carbonyl (C=O) groups excluding carboxylic acids is 1. The van der Waals surface area contributed by atoms with Crippen LogP contribution in [0.1, 0.15) is 58.8 Å². The van der Waals surface area contributed by atoms with Gasteiger partial charge in [-0.15, -0.1) is 6.42 Å². The molecule has 0 amide bonds. The first-order chi connectivity index (χ1) is 11.6. The van der Waals surface area contributed by atoms with Crippen molar-refractivity contribution in [2.24, 2.45) is 28.6 Å². The minimum atomic E-state index is -3.24. The van der Waals surface area contributed by atoms with Crippen LogP contribution in [-0.4, -0.2) is 22.4 Å². The first kappa shape index (κ1) is 17.2. The van der Waals surface area contributed by atoms with E-state index in [9.17, 15) is 18.7 Å². The fourth-order valence-corrected chi connectivity index (χ4v) is 6.82. The van der Waals surface area contributed by atoms with Crippen molar-refractivity contribution in [3.8, 4) is 12.3 Å². The number of carbonyl (C=O) groups is 1. The normalized spacial score (nSPS) is 51.0. The highest BCUT2D eigenvalue weighted by molar-refractivity contribution is 5.91. The van der Waals surface area contributed by atoms with Gasteiger partial charge in [-0.3, -0.25) is 4.79 Å². The number of fused-ring (bicyclic) bond motifs is 5. The predicted octanol–water partition coefficient (Wildman–Crippen LogP) is 4.13. The number of terminal acetylenes is 1. The first-order valence-electron chi connectivity index (χ1n) is 9.41. The minimum absolute atomic E-state index is 0.0652. The molecule has 25 heavy (non-hydrogen) atoms. The second kappa shape index (κ2) is 4.94. The Bertz CT molecular complexity index is 705. The largest absolute Gasteiger partial charge is 0.372 e. The molecule has 0 radical (unpaired) electrons. The summed E-state index contributed by atoms with van der Waals surface area (Å²) in [4.78, 5) is 11.8. The lowest BCUT2D eigenvalue weighted by atomic mass is 9.46. The highest BCUT2D eigenvalue weighted by Gasteiger charge is 2.74. The third kappa shape index (κ3) is 1.91. The summed E-state index contributed by atoms with van der Waals surface area (Å²) in [5.41, 5.74) is -2.14. The summed E-state index contributed by atoms with van der Waals surface area (Å²) in [5, 5.41) is 10.8. The van der Waals surface area contributed by atoms with Gasteiger partial charge >= 0.3 is 0 Å². The van der Waals surface area contributed by atoms with E-state index in [1.165, 1.54) is 5.57 Å². The summed E-state index contributed by atoms with van der Waals surface area (Å²) >= 11 is 0. The Labute approximate surface area is 148 Å². The molecule has 136 valence electrons. The van der Waals surface area contributed by atoms with Crippen molar-refractivity contribution in [2.75, 3.05) is 0 Å². The summed E-state index contributed by atoms with van der Waals surface area (Å²) in [5.74, 6) is -0.782. The van der Waals surface area contributed by atoms with Crippen LogP contribution in [-0.2, 0) is 4.79 Å². The predicted molar refractivity (Wildman–Crippen MR) is 90.8 cm³/mol. The molecular formula is C21H26F2O2. The third-order valence-electron chi connectivity index (χ3n) is 8.39. The van der Waals surface area contributed by atoms with Gasteiger partial charge in [-0.2, -0.15) is 0 Å². The SMILES string of the molecule is C#CC1(O)C(F)(F)C[C@H]2[C@@H]3CCC4=CC(=O)CC[C@]4(C)[C@@H]3CC[C@@]21C. The number of rotatable bonds is 0. The molecule has 1 N–H and O–H groups in total. The van der Waals surface area contributed by atoms with Crippen LogP contribution in [0.5, 0.6) is 0 Å². The molecule has 6 atom stereocenters. The van der Waals surface area contributed by atoms with Crippen molar-refractivity contribution < 1.29 is 18.7 Å². The van der Waals surface area contributed by atoms with E-state index < -0.39 is 16.9 Å². The first-order valence-corrected chi connectivity index (χ1v) is 9.41. The Morgan fingerprint density at radius 2 is 1.92 bits per heavy atom. The molecule has 0 bridgehead atoms. The summed E-state index contributed by atoms with van der Waals surface area (Å²) in [6, 6.07) is 0. The zero-order valence-corrected chi connectivity index (χ0v) is 14.9. The number of halogens is 2. The summed E-state index contributed by atoms with van der Waals surface area (Å²) in [7, 11) is 0. The second-order valence-electron chi connectivity index (χ2n) is 9.19. The Hall–Kier alpha value is -1.21. The van der Waals surface area contributed by atoms with Crippen molar-refractivity contribution in [3.63, 3.8) is 0 Å². The fraction of sp³-hybridized carbons (Fsp3) is 0.762. The van der Waals surface area contributed by atoms with Crippen LogP contribution < -0.4 is 0 Å². The van der Waals surface area contributed by atoms with Gasteiger partial charge in [-0.1, -0.05) is 25.3 Å². The van der Waals surface area contributed by atoms with Crippen LogP contribution in [0.15, 0.2) is 11.6 Å². The smallest absolute Gasteiger partial charge is 0.288 e. The molecule has 0 aliphatic heterocycles. The Balaban J connectivity index is 1.75. The van der Waals surface area contributed by atoms with Crippen molar-refractivity contribution in [3.05, 3.63) is 11.6 Å². The number of hydrogen-bond acceptors (Lipinski definition) is 2. The van der Waals surface area contributed by atoms with Crippen molar-refractivity contribution in [2.45, 2.75) is 70.3 Å². The molecule has 4 aliphatic rings. The van der Waals surface area contributed by atoms with Crippen LogP contribution in [0.25, 0.3) is 0 Å². The standard InChI is InChI=1S/C21H26F2O2/c1-4-20(25)19(3)10-8-16-15(17(19)12-21(20,22)23)6-5-13-11-14(24)7-9-18(13,16)2/h1,11,15-17,25H,5-10,12H2,2-3H3/t15-,16-,17+,18+,19+,20?/m1/s1. The molecule has 0 aromatic heterocycles. The molecule has 4 rings (SSSR count). The lowest BCUT2D eigenvalue weighted by Crippen LogP contribution is -2.57. The number of alkyl halides is 2. The fourth-order valence-electron chi connectivity index (χ4n) is 6.82. The molecule has 0 aromatic carbocycles. The third-order valence-corrected chi connectivity index (χ3v) is 8.39. The second-order valence-corrected chi connectivity index (χ2v) is 9.19. The van der Waals surface area contributed by atoms with Gasteiger partial charge in [0.1, 0.15) is 0 Å². The molecule has 3 saturated carbocycles. The molecule has 0 aromatic rings. The molecule has 2 nitrogen and oxygen atoms in total. The number of ketones is 1. The maximum atomic E-state index is 14.7. The van der Waals surface area contributed by atoms with Crippen LogP contribution in [0, 0.1) is 40.9 Å². The summed E-state index contributed by atoms with van der Waals surface area (Å²) in [6.07, 6.45) is 11.2. The Kier molecular flexibility index (Phi) is 3.40. The molecular weight excluding hydrogens is 322 g/mol. The van der Waals surface area contributed by atoms with Gasteiger partial charge in [-0.25, -0.2) is 8.78 Å². The number of aliphatic hydroxyl groups is 1. The monoisotopic (exact) mass is 348 g/mol. The van der Waals surface area contributed by atoms with E-state index in [-0.39, 0.29) is 29.5 Å². The van der Waals surface area contributed by atoms with E-state index in [1.807, 2.05) is 6.08 Å². The van der Waals surface area contributed by atoms with Crippen LogP contribution in [0.3, 0.4) is 0 Å². The highest BCUT2D eigenvalue weighted by Crippen LogP contribution is 2.70. The van der Waals surface area contributed by atoms with Crippen molar-refractivity contribution in [1.29, 1.82) is 0 Å². The molecule has 4 aliphatic carbocycles. The zero-order chi connectivity index (χ0) is 18.3. The van der Waals surface area contributed by atoms with Gasteiger partial charge in [0.25, 0.3) is 5.92 Å². The van der Waals surface area contributed by atoms with Crippen molar-refractivity contribution >= 4 is 5.78 Å². The summed E-state index contributed by atoms with van der Waals surface area (Å²) in [6.45, 7) is 3.98.